The Balaban J connectivity index is 0.00000442. The molecular weight excluding hydrogens is 640 g/mol. The van der Waals surface area contributed by atoms with Crippen molar-refractivity contribution >= 4 is 59.2 Å². The van der Waals surface area contributed by atoms with Crippen LogP contribution in [0.1, 0.15) is 22.3 Å². The van der Waals surface area contributed by atoms with Crippen LogP contribution in [0.25, 0.3) is 6.08 Å². The number of amides is 1. The van der Waals surface area contributed by atoms with Gasteiger partial charge in [0.05, 0.1) is 17.8 Å². The number of benzene rings is 3. The molecule has 0 N–H and O–H groups in total. The minimum atomic E-state index is -0.0140. The quantitative estimate of drug-likeness (QED) is 0.158. The van der Waals surface area contributed by atoms with Gasteiger partial charge in [-0.3, -0.25) is 9.69 Å². The molecule has 1 aliphatic rings. The predicted octanol–water partition coefficient (Wildman–Crippen LogP) is 8.54. The number of piperazine rings is 1. The number of carbonyl (C=O) groups is 1. The fourth-order valence-corrected chi connectivity index (χ4v) is 5.35. The van der Waals surface area contributed by atoms with Gasteiger partial charge in [0, 0.05) is 61.3 Å². The number of nitrogens with zero attached hydrogens (tertiary/aromatic N) is 3. The molecular formula is C34H33Cl4N3O3. The van der Waals surface area contributed by atoms with Gasteiger partial charge in [-0.25, -0.2) is 4.98 Å². The summed E-state index contributed by atoms with van der Waals surface area (Å²) in [4.78, 5) is 21.4. The first kappa shape index (κ1) is 33.6. The van der Waals surface area contributed by atoms with Gasteiger partial charge in [-0.1, -0.05) is 59.1 Å². The van der Waals surface area contributed by atoms with Crippen molar-refractivity contribution in [1.82, 2.24) is 14.8 Å². The van der Waals surface area contributed by atoms with Gasteiger partial charge in [0.15, 0.2) is 5.75 Å². The lowest BCUT2D eigenvalue weighted by Crippen LogP contribution is -2.47. The van der Waals surface area contributed by atoms with Crippen LogP contribution in [0, 0.1) is 6.92 Å². The summed E-state index contributed by atoms with van der Waals surface area (Å²) in [6.45, 7) is 6.29. The summed E-state index contributed by atoms with van der Waals surface area (Å²) < 4.78 is 11.8. The number of ether oxygens (including phenoxy) is 2. The zero-order valence-electron chi connectivity index (χ0n) is 24.2. The van der Waals surface area contributed by atoms with Gasteiger partial charge in [0.25, 0.3) is 0 Å². The number of hydrogen-bond acceptors (Lipinski definition) is 5. The SMILES string of the molecule is Cc1cc(C=CC(=O)N2CCN(Cc3ccc(Cl)cc3)CC2)cc(Cl)c1Oc1ccc(OCCc2ccc(Cl)cc2)cn1.Cl. The van der Waals surface area contributed by atoms with E-state index in [1.54, 1.807) is 30.5 Å². The number of halogens is 4. The van der Waals surface area contributed by atoms with Crippen LogP contribution < -0.4 is 9.47 Å². The third-order valence-corrected chi connectivity index (χ3v) is 7.95. The zero-order valence-corrected chi connectivity index (χ0v) is 27.3. The second-order valence-corrected chi connectivity index (χ2v) is 11.6. The summed E-state index contributed by atoms with van der Waals surface area (Å²) in [5.74, 6) is 1.56. The minimum Gasteiger partial charge on any atom is -0.492 e. The van der Waals surface area contributed by atoms with Gasteiger partial charge in [0.2, 0.25) is 11.8 Å². The third-order valence-electron chi connectivity index (χ3n) is 7.16. The second-order valence-electron chi connectivity index (χ2n) is 10.4. The summed E-state index contributed by atoms with van der Waals surface area (Å²) in [5, 5.41) is 1.89. The first-order valence-corrected chi connectivity index (χ1v) is 15.2. The molecule has 0 unspecified atom stereocenters. The smallest absolute Gasteiger partial charge is 0.246 e. The molecule has 3 aromatic carbocycles. The van der Waals surface area contributed by atoms with Crippen molar-refractivity contribution in [1.29, 1.82) is 0 Å². The first-order valence-electron chi connectivity index (χ1n) is 14.1. The Bertz CT molecular complexity index is 1530. The standard InChI is InChI=1S/C34H32Cl3N3O3.ClH/c1-24-20-27(6-13-33(41)40-17-15-39(16-18-40)23-26-4-9-29(36)10-5-26)21-31(37)34(24)43-32-12-11-30(22-38-32)42-19-14-25-2-7-28(35)8-3-25;/h2-13,20-22H,14-19,23H2,1H3;1H. The van der Waals surface area contributed by atoms with E-state index in [0.717, 1.165) is 47.8 Å². The molecule has 0 saturated carbocycles. The van der Waals surface area contributed by atoms with Crippen molar-refractivity contribution in [2.75, 3.05) is 32.8 Å². The van der Waals surface area contributed by atoms with Crippen LogP contribution in [0.15, 0.2) is 85.1 Å². The molecule has 1 amide bonds. The summed E-state index contributed by atoms with van der Waals surface area (Å²) >= 11 is 18.5. The fraction of sp³-hybridized carbons (Fsp3) is 0.235. The second kappa shape index (κ2) is 16.2. The number of hydrogen-bond donors (Lipinski definition) is 0. The van der Waals surface area contributed by atoms with Gasteiger partial charge in [-0.2, -0.15) is 0 Å². The highest BCUT2D eigenvalue weighted by Gasteiger charge is 2.20. The Morgan fingerprint density at radius 3 is 2.16 bits per heavy atom. The average molecular weight is 673 g/mol. The lowest BCUT2D eigenvalue weighted by Gasteiger charge is -2.34. The molecule has 230 valence electrons. The molecule has 1 saturated heterocycles. The molecule has 4 aromatic rings. The minimum absolute atomic E-state index is 0. The molecule has 6 nitrogen and oxygen atoms in total. The van der Waals surface area contributed by atoms with Crippen LogP contribution in [-0.2, 0) is 17.8 Å². The Hall–Kier alpha value is -3.26. The Morgan fingerprint density at radius 2 is 1.55 bits per heavy atom. The molecule has 44 heavy (non-hydrogen) atoms. The van der Waals surface area contributed by atoms with Crippen LogP contribution in [0.2, 0.25) is 15.1 Å². The summed E-state index contributed by atoms with van der Waals surface area (Å²) in [6.07, 6.45) is 5.78. The number of rotatable bonds is 10. The fourth-order valence-electron chi connectivity index (χ4n) is 4.79. The van der Waals surface area contributed by atoms with Crippen molar-refractivity contribution in [3.05, 3.63) is 122 Å². The lowest BCUT2D eigenvalue weighted by molar-refractivity contribution is -0.127. The maximum absolute atomic E-state index is 12.9. The number of carbonyl (C=O) groups excluding carboxylic acids is 1. The predicted molar refractivity (Wildman–Crippen MR) is 181 cm³/mol. The number of aromatic nitrogens is 1. The van der Waals surface area contributed by atoms with E-state index >= 15 is 0 Å². The van der Waals surface area contributed by atoms with Crippen molar-refractivity contribution in [2.45, 2.75) is 19.9 Å². The molecule has 5 rings (SSSR count). The van der Waals surface area contributed by atoms with Gasteiger partial charge in [0.1, 0.15) is 5.75 Å². The van der Waals surface area contributed by atoms with Crippen molar-refractivity contribution < 1.29 is 14.3 Å². The largest absolute Gasteiger partial charge is 0.492 e. The molecule has 1 aliphatic heterocycles. The molecule has 0 spiro atoms. The highest BCUT2D eigenvalue weighted by molar-refractivity contribution is 6.32. The van der Waals surface area contributed by atoms with Crippen LogP contribution in [0.4, 0.5) is 0 Å². The normalized spacial score (nSPS) is 13.5. The Labute approximate surface area is 279 Å². The summed E-state index contributed by atoms with van der Waals surface area (Å²) in [6, 6.07) is 22.9. The molecule has 0 bridgehead atoms. The first-order chi connectivity index (χ1) is 20.8. The summed E-state index contributed by atoms with van der Waals surface area (Å²) in [5.41, 5.74) is 4.02. The lowest BCUT2D eigenvalue weighted by atomic mass is 10.1. The van der Waals surface area contributed by atoms with E-state index in [-0.39, 0.29) is 18.3 Å². The highest BCUT2D eigenvalue weighted by atomic mass is 35.5. The van der Waals surface area contributed by atoms with Gasteiger partial charge < -0.3 is 14.4 Å². The van der Waals surface area contributed by atoms with Crippen LogP contribution >= 0.6 is 47.2 Å². The third kappa shape index (κ3) is 9.62. The van der Waals surface area contributed by atoms with E-state index < -0.39 is 0 Å². The summed E-state index contributed by atoms with van der Waals surface area (Å²) in [7, 11) is 0. The van der Waals surface area contributed by atoms with Gasteiger partial charge >= 0.3 is 0 Å². The molecule has 0 atom stereocenters. The maximum Gasteiger partial charge on any atom is 0.246 e. The van der Waals surface area contributed by atoms with Gasteiger partial charge in [-0.15, -0.1) is 12.4 Å². The van der Waals surface area contributed by atoms with E-state index in [9.17, 15) is 4.79 Å². The molecule has 1 fully saturated rings. The zero-order chi connectivity index (χ0) is 30.2. The van der Waals surface area contributed by atoms with Crippen LogP contribution in [-0.4, -0.2) is 53.5 Å². The number of aryl methyl sites for hydroxylation is 1. The maximum atomic E-state index is 12.9. The van der Waals surface area contributed by atoms with E-state index in [4.69, 9.17) is 44.3 Å². The molecule has 1 aromatic heterocycles. The highest BCUT2D eigenvalue weighted by Crippen LogP contribution is 2.34. The van der Waals surface area contributed by atoms with E-state index in [0.29, 0.717) is 47.1 Å². The molecule has 10 heteroatoms. The molecule has 2 heterocycles. The van der Waals surface area contributed by atoms with Crippen LogP contribution in [0.3, 0.4) is 0 Å². The van der Waals surface area contributed by atoms with E-state index in [1.807, 2.05) is 72.5 Å². The molecule has 0 radical (unpaired) electrons. The van der Waals surface area contributed by atoms with Crippen molar-refractivity contribution in [2.24, 2.45) is 0 Å². The Morgan fingerprint density at radius 1 is 0.886 bits per heavy atom. The van der Waals surface area contributed by atoms with E-state index in [1.165, 1.54) is 5.56 Å². The van der Waals surface area contributed by atoms with Crippen molar-refractivity contribution in [3.63, 3.8) is 0 Å². The van der Waals surface area contributed by atoms with Crippen LogP contribution in [0.5, 0.6) is 17.4 Å². The number of pyridine rings is 1. The monoisotopic (exact) mass is 671 g/mol. The topological polar surface area (TPSA) is 54.9 Å². The molecule has 0 aliphatic carbocycles. The van der Waals surface area contributed by atoms with Gasteiger partial charge in [-0.05, 0) is 77.7 Å². The average Bonchev–Trinajstić information content (AvgIpc) is 3.01. The van der Waals surface area contributed by atoms with Crippen molar-refractivity contribution in [3.8, 4) is 17.4 Å². The Kier molecular flexibility index (Phi) is 12.4. The van der Waals surface area contributed by atoms with E-state index in [2.05, 4.69) is 9.88 Å².